The highest BCUT2D eigenvalue weighted by Gasteiger charge is 2.08. The minimum Gasteiger partial charge on any atom is -0.423 e. The number of aromatic nitrogens is 1. The Hall–Kier alpha value is -3.77. The Balaban J connectivity index is 1.39. The summed E-state index contributed by atoms with van der Waals surface area (Å²) in [6.07, 6.45) is 0. The number of anilines is 1. The fraction of sp³-hybridized carbons (Fsp3) is 0.0417. The quantitative estimate of drug-likeness (QED) is 0.186. The van der Waals surface area contributed by atoms with Crippen LogP contribution in [0.3, 0.4) is 0 Å². The first-order chi connectivity index (χ1) is 14.7. The summed E-state index contributed by atoms with van der Waals surface area (Å²) >= 11 is 1.50. The second-order valence-corrected chi connectivity index (χ2v) is 7.35. The number of esters is 1. The van der Waals surface area contributed by atoms with E-state index in [1.807, 2.05) is 60.8 Å². The molecular weight excluding hydrogens is 394 g/mol. The molecule has 0 radical (unpaired) electrons. The zero-order valence-corrected chi connectivity index (χ0v) is 17.1. The number of carbonyl (C=O) groups excluding carboxylic acids is 1. The fourth-order valence-corrected chi connectivity index (χ4v) is 3.43. The van der Waals surface area contributed by atoms with Gasteiger partial charge >= 0.3 is 5.97 Å². The second kappa shape index (κ2) is 9.15. The molecule has 5 nitrogen and oxygen atoms in total. The predicted octanol–water partition coefficient (Wildman–Crippen LogP) is 5.87. The molecule has 0 unspecified atom stereocenters. The smallest absolute Gasteiger partial charge is 0.343 e. The molecule has 0 fully saturated rings. The largest absolute Gasteiger partial charge is 0.423 e. The van der Waals surface area contributed by atoms with Gasteiger partial charge in [-0.05, 0) is 48.9 Å². The highest BCUT2D eigenvalue weighted by Crippen LogP contribution is 2.24. The van der Waals surface area contributed by atoms with Gasteiger partial charge in [-0.3, -0.25) is 5.43 Å². The van der Waals surface area contributed by atoms with Crippen LogP contribution in [0, 0.1) is 0 Å². The topological polar surface area (TPSA) is 63.6 Å². The Morgan fingerprint density at radius 1 is 0.900 bits per heavy atom. The van der Waals surface area contributed by atoms with E-state index in [1.54, 1.807) is 36.4 Å². The van der Waals surface area contributed by atoms with E-state index in [9.17, 15) is 4.79 Å². The van der Waals surface area contributed by atoms with E-state index < -0.39 is 0 Å². The van der Waals surface area contributed by atoms with Gasteiger partial charge in [0, 0.05) is 10.9 Å². The molecule has 0 saturated carbocycles. The van der Waals surface area contributed by atoms with Crippen molar-refractivity contribution in [1.82, 2.24) is 4.98 Å². The van der Waals surface area contributed by atoms with E-state index in [0.717, 1.165) is 27.7 Å². The number of thiazole rings is 1. The van der Waals surface area contributed by atoms with Crippen LogP contribution in [-0.4, -0.2) is 16.7 Å². The van der Waals surface area contributed by atoms with Crippen LogP contribution in [0.25, 0.3) is 11.3 Å². The van der Waals surface area contributed by atoms with Gasteiger partial charge in [0.15, 0.2) is 0 Å². The number of nitrogens with one attached hydrogen (secondary N) is 1. The number of hydrogen-bond donors (Lipinski definition) is 1. The van der Waals surface area contributed by atoms with Crippen molar-refractivity contribution in [2.24, 2.45) is 5.10 Å². The number of nitrogens with zero attached hydrogens (tertiary/aromatic N) is 2. The summed E-state index contributed by atoms with van der Waals surface area (Å²) in [7, 11) is 0. The molecule has 0 aliphatic carbocycles. The van der Waals surface area contributed by atoms with Crippen molar-refractivity contribution in [1.29, 1.82) is 0 Å². The molecule has 0 bridgehead atoms. The van der Waals surface area contributed by atoms with E-state index in [0.29, 0.717) is 11.3 Å². The second-order valence-electron chi connectivity index (χ2n) is 6.49. The third-order valence-corrected chi connectivity index (χ3v) is 5.13. The monoisotopic (exact) mass is 413 g/mol. The van der Waals surface area contributed by atoms with Crippen LogP contribution < -0.4 is 10.2 Å². The molecule has 0 aliphatic rings. The highest BCUT2D eigenvalue weighted by atomic mass is 32.1. The Bertz CT molecular complexity index is 1150. The van der Waals surface area contributed by atoms with Crippen LogP contribution in [0.1, 0.15) is 22.8 Å². The number of hydrazone groups is 1. The molecule has 6 heteroatoms. The molecule has 1 heterocycles. The molecule has 0 aliphatic heterocycles. The predicted molar refractivity (Wildman–Crippen MR) is 121 cm³/mol. The Morgan fingerprint density at radius 2 is 1.57 bits per heavy atom. The molecule has 0 atom stereocenters. The molecule has 4 rings (SSSR count). The van der Waals surface area contributed by atoms with Crippen molar-refractivity contribution in [2.45, 2.75) is 6.92 Å². The zero-order valence-electron chi connectivity index (χ0n) is 16.3. The van der Waals surface area contributed by atoms with Crippen molar-refractivity contribution >= 4 is 28.1 Å². The summed E-state index contributed by atoms with van der Waals surface area (Å²) in [5.41, 5.74) is 7.23. The molecule has 0 spiro atoms. The molecule has 1 N–H and O–H groups in total. The maximum atomic E-state index is 12.1. The number of benzene rings is 3. The van der Waals surface area contributed by atoms with Gasteiger partial charge in [-0.2, -0.15) is 5.10 Å². The number of hydrogen-bond acceptors (Lipinski definition) is 6. The first-order valence-corrected chi connectivity index (χ1v) is 10.3. The molecule has 1 aromatic heterocycles. The summed E-state index contributed by atoms with van der Waals surface area (Å²) in [5, 5.41) is 7.14. The molecule has 148 valence electrons. The summed E-state index contributed by atoms with van der Waals surface area (Å²) in [6, 6.07) is 26.2. The number of carbonyl (C=O) groups is 1. The first-order valence-electron chi connectivity index (χ1n) is 9.38. The Labute approximate surface area is 178 Å². The van der Waals surface area contributed by atoms with Crippen LogP contribution in [0.15, 0.2) is 95.4 Å². The van der Waals surface area contributed by atoms with Gasteiger partial charge in [-0.1, -0.05) is 48.5 Å². The summed E-state index contributed by atoms with van der Waals surface area (Å²) in [6.45, 7) is 1.91. The lowest BCUT2D eigenvalue weighted by Gasteiger charge is -2.06. The van der Waals surface area contributed by atoms with Crippen LogP contribution in [0.5, 0.6) is 5.75 Å². The van der Waals surface area contributed by atoms with Crippen LogP contribution in [0.4, 0.5) is 5.13 Å². The van der Waals surface area contributed by atoms with Gasteiger partial charge in [0.2, 0.25) is 5.13 Å². The van der Waals surface area contributed by atoms with Gasteiger partial charge in [0.05, 0.1) is 17.0 Å². The average molecular weight is 414 g/mol. The van der Waals surface area contributed by atoms with Crippen molar-refractivity contribution in [2.75, 3.05) is 5.43 Å². The van der Waals surface area contributed by atoms with Crippen molar-refractivity contribution < 1.29 is 9.53 Å². The maximum absolute atomic E-state index is 12.1. The number of rotatable bonds is 6. The lowest BCUT2D eigenvalue weighted by molar-refractivity contribution is 0.0735. The molecular formula is C24H19N3O2S. The normalized spacial score (nSPS) is 11.2. The summed E-state index contributed by atoms with van der Waals surface area (Å²) < 4.78 is 5.41. The fourth-order valence-electron chi connectivity index (χ4n) is 2.77. The summed E-state index contributed by atoms with van der Waals surface area (Å²) in [4.78, 5) is 16.7. The molecule has 0 amide bonds. The molecule has 3 aromatic carbocycles. The van der Waals surface area contributed by atoms with Gasteiger partial charge in [-0.15, -0.1) is 11.3 Å². The minimum absolute atomic E-state index is 0.381. The Kier molecular flexibility index (Phi) is 5.96. The number of ether oxygens (including phenoxy) is 1. The van der Waals surface area contributed by atoms with Crippen LogP contribution in [-0.2, 0) is 0 Å². The van der Waals surface area contributed by atoms with Crippen molar-refractivity contribution in [3.05, 3.63) is 101 Å². The van der Waals surface area contributed by atoms with Gasteiger partial charge < -0.3 is 4.74 Å². The lowest BCUT2D eigenvalue weighted by Crippen LogP contribution is -2.08. The van der Waals surface area contributed by atoms with E-state index in [4.69, 9.17) is 4.74 Å². The first kappa shape index (κ1) is 19.5. The van der Waals surface area contributed by atoms with E-state index in [-0.39, 0.29) is 5.97 Å². The minimum atomic E-state index is -0.381. The zero-order chi connectivity index (χ0) is 20.8. The highest BCUT2D eigenvalue weighted by molar-refractivity contribution is 7.14. The van der Waals surface area contributed by atoms with E-state index in [2.05, 4.69) is 15.5 Å². The van der Waals surface area contributed by atoms with Crippen molar-refractivity contribution in [3.63, 3.8) is 0 Å². The third kappa shape index (κ3) is 4.79. The van der Waals surface area contributed by atoms with E-state index >= 15 is 0 Å². The lowest BCUT2D eigenvalue weighted by atomic mass is 10.1. The molecule has 30 heavy (non-hydrogen) atoms. The van der Waals surface area contributed by atoms with E-state index in [1.165, 1.54) is 11.3 Å². The van der Waals surface area contributed by atoms with Crippen LogP contribution >= 0.6 is 11.3 Å². The maximum Gasteiger partial charge on any atom is 0.343 e. The van der Waals surface area contributed by atoms with Gasteiger partial charge in [0.25, 0.3) is 0 Å². The SMILES string of the molecule is C/C(=N/Nc1nc(-c2ccccc2)cs1)c1ccc(OC(=O)c2ccccc2)cc1. The van der Waals surface area contributed by atoms with Gasteiger partial charge in [-0.25, -0.2) is 9.78 Å². The standard InChI is InChI=1S/C24H19N3O2S/c1-17(26-27-24-25-22(16-30-24)19-8-4-2-5-9-19)18-12-14-21(15-13-18)29-23(28)20-10-6-3-7-11-20/h2-16H,1H3,(H,25,27)/b26-17-. The average Bonchev–Trinajstić information content (AvgIpc) is 3.28. The van der Waals surface area contributed by atoms with Crippen LogP contribution in [0.2, 0.25) is 0 Å². The third-order valence-electron chi connectivity index (χ3n) is 4.39. The molecule has 0 saturated heterocycles. The van der Waals surface area contributed by atoms with Crippen molar-refractivity contribution in [3.8, 4) is 17.0 Å². The van der Waals surface area contributed by atoms with Gasteiger partial charge in [0.1, 0.15) is 5.75 Å². The summed E-state index contributed by atoms with van der Waals surface area (Å²) in [5.74, 6) is 0.106. The Morgan fingerprint density at radius 3 is 2.27 bits per heavy atom. The molecule has 4 aromatic rings.